The van der Waals surface area contributed by atoms with Crippen molar-refractivity contribution in [2.75, 3.05) is 0 Å². The molecule has 0 aromatic carbocycles. The van der Waals surface area contributed by atoms with Crippen molar-refractivity contribution < 1.29 is 14.0 Å². The normalized spacial score (nSPS) is 9.55. The Hall–Kier alpha value is -1.38. The second-order valence-corrected chi connectivity index (χ2v) is 2.24. The van der Waals surface area contributed by atoms with Crippen LogP contribution in [0.1, 0.15) is 12.7 Å². The molecule has 0 amide bonds. The first-order valence-electron chi connectivity index (χ1n) is 3.26. The fraction of sp³-hybridized carbons (Fsp3) is 0.250. The van der Waals surface area contributed by atoms with Crippen molar-refractivity contribution in [3.8, 4) is 0 Å². The minimum absolute atomic E-state index is 0.0718. The van der Waals surface area contributed by atoms with Gasteiger partial charge in [-0.3, -0.25) is 9.59 Å². The van der Waals surface area contributed by atoms with Crippen LogP contribution >= 0.6 is 0 Å². The summed E-state index contributed by atoms with van der Waals surface area (Å²) in [7, 11) is 0. The number of hydrogen-bond donors (Lipinski definition) is 0. The second-order valence-electron chi connectivity index (χ2n) is 2.24. The third kappa shape index (κ3) is 2.04. The molecule has 0 aliphatic rings. The van der Waals surface area contributed by atoms with Gasteiger partial charge in [-0.05, 0) is 12.1 Å². The largest absolute Gasteiger partial charge is 0.469 e. The molecule has 1 rings (SSSR count). The van der Waals surface area contributed by atoms with Gasteiger partial charge in [0.05, 0.1) is 12.7 Å². The van der Waals surface area contributed by atoms with E-state index in [-0.39, 0.29) is 6.42 Å². The van der Waals surface area contributed by atoms with E-state index in [4.69, 9.17) is 4.42 Å². The van der Waals surface area contributed by atoms with Crippen molar-refractivity contribution in [1.29, 1.82) is 0 Å². The van der Waals surface area contributed by atoms with Crippen LogP contribution < -0.4 is 0 Å². The van der Waals surface area contributed by atoms with E-state index in [1.807, 2.05) is 0 Å². The van der Waals surface area contributed by atoms with Gasteiger partial charge in [0.1, 0.15) is 5.76 Å². The second kappa shape index (κ2) is 3.14. The first-order valence-corrected chi connectivity index (χ1v) is 3.26. The van der Waals surface area contributed by atoms with Crippen LogP contribution in [0.2, 0.25) is 0 Å². The molecule has 1 aromatic rings. The fourth-order valence-electron chi connectivity index (χ4n) is 0.696. The standard InChI is InChI=1S/C8H8O3/c1-6(9)8(10)5-7-3-2-4-11-7/h2-4H,5H2,1H3. The Morgan fingerprint density at radius 1 is 1.55 bits per heavy atom. The molecule has 3 nitrogen and oxygen atoms in total. The Morgan fingerprint density at radius 2 is 2.27 bits per heavy atom. The summed E-state index contributed by atoms with van der Waals surface area (Å²) in [5.41, 5.74) is 0. The molecule has 0 aliphatic heterocycles. The van der Waals surface area contributed by atoms with E-state index in [1.165, 1.54) is 13.2 Å². The maximum Gasteiger partial charge on any atom is 0.205 e. The Kier molecular flexibility index (Phi) is 2.21. The van der Waals surface area contributed by atoms with E-state index >= 15 is 0 Å². The van der Waals surface area contributed by atoms with Crippen molar-refractivity contribution in [3.05, 3.63) is 24.2 Å². The number of ketones is 2. The van der Waals surface area contributed by atoms with Crippen LogP contribution in [0.4, 0.5) is 0 Å². The van der Waals surface area contributed by atoms with Gasteiger partial charge in [0.15, 0.2) is 5.78 Å². The van der Waals surface area contributed by atoms with E-state index < -0.39 is 11.6 Å². The van der Waals surface area contributed by atoms with Crippen molar-refractivity contribution >= 4 is 11.6 Å². The zero-order valence-corrected chi connectivity index (χ0v) is 6.16. The average Bonchev–Trinajstić information content (AvgIpc) is 2.39. The molecule has 0 saturated heterocycles. The van der Waals surface area contributed by atoms with E-state index in [0.717, 1.165) is 0 Å². The van der Waals surface area contributed by atoms with Gasteiger partial charge in [0, 0.05) is 6.92 Å². The number of carbonyl (C=O) groups is 2. The molecule has 11 heavy (non-hydrogen) atoms. The number of furan rings is 1. The highest BCUT2D eigenvalue weighted by atomic mass is 16.3. The van der Waals surface area contributed by atoms with Gasteiger partial charge in [0.2, 0.25) is 5.78 Å². The number of hydrogen-bond acceptors (Lipinski definition) is 3. The molecule has 0 atom stereocenters. The molecule has 58 valence electrons. The lowest BCUT2D eigenvalue weighted by Gasteiger charge is -1.90. The Bertz CT molecular complexity index is 259. The average molecular weight is 152 g/mol. The molecule has 0 radical (unpaired) electrons. The fourth-order valence-corrected chi connectivity index (χ4v) is 0.696. The smallest absolute Gasteiger partial charge is 0.205 e. The summed E-state index contributed by atoms with van der Waals surface area (Å²) in [6.45, 7) is 1.26. The molecule has 0 aliphatic carbocycles. The molecule has 0 unspecified atom stereocenters. The summed E-state index contributed by atoms with van der Waals surface area (Å²) < 4.78 is 4.88. The van der Waals surface area contributed by atoms with Gasteiger partial charge in [-0.1, -0.05) is 0 Å². The number of carbonyl (C=O) groups excluding carboxylic acids is 2. The van der Waals surface area contributed by atoms with Crippen LogP contribution in [0.5, 0.6) is 0 Å². The van der Waals surface area contributed by atoms with Gasteiger partial charge in [-0.15, -0.1) is 0 Å². The van der Waals surface area contributed by atoms with E-state index in [1.54, 1.807) is 12.1 Å². The highest BCUT2D eigenvalue weighted by molar-refractivity contribution is 6.36. The Morgan fingerprint density at radius 3 is 2.73 bits per heavy atom. The summed E-state index contributed by atoms with van der Waals surface area (Å²) in [5, 5.41) is 0. The lowest BCUT2D eigenvalue weighted by atomic mass is 10.2. The van der Waals surface area contributed by atoms with Crippen LogP contribution in [-0.2, 0) is 16.0 Å². The zero-order chi connectivity index (χ0) is 8.27. The molecule has 0 spiro atoms. The Labute approximate surface area is 64.0 Å². The predicted molar refractivity (Wildman–Crippen MR) is 38.1 cm³/mol. The van der Waals surface area contributed by atoms with E-state index in [2.05, 4.69) is 0 Å². The minimum atomic E-state index is -0.429. The quantitative estimate of drug-likeness (QED) is 0.606. The lowest BCUT2D eigenvalue weighted by Crippen LogP contribution is -2.11. The highest BCUT2D eigenvalue weighted by Crippen LogP contribution is 2.01. The first kappa shape index (κ1) is 7.72. The maximum absolute atomic E-state index is 10.8. The summed E-state index contributed by atoms with van der Waals surface area (Å²) in [6, 6.07) is 3.35. The number of rotatable bonds is 3. The van der Waals surface area contributed by atoms with Gasteiger partial charge in [-0.2, -0.15) is 0 Å². The summed E-state index contributed by atoms with van der Waals surface area (Å²) >= 11 is 0. The minimum Gasteiger partial charge on any atom is -0.469 e. The van der Waals surface area contributed by atoms with Gasteiger partial charge in [0.25, 0.3) is 0 Å². The molecule has 3 heteroatoms. The zero-order valence-electron chi connectivity index (χ0n) is 6.16. The van der Waals surface area contributed by atoms with E-state index in [0.29, 0.717) is 5.76 Å². The van der Waals surface area contributed by atoms with Gasteiger partial charge < -0.3 is 4.42 Å². The van der Waals surface area contributed by atoms with Crippen molar-refractivity contribution in [2.24, 2.45) is 0 Å². The molecular weight excluding hydrogens is 144 g/mol. The number of Topliss-reactive ketones (excluding diaryl/α,β-unsaturated/α-hetero) is 2. The monoisotopic (exact) mass is 152 g/mol. The van der Waals surface area contributed by atoms with Crippen LogP contribution in [0.25, 0.3) is 0 Å². The Balaban J connectivity index is 2.57. The summed E-state index contributed by atoms with van der Waals surface area (Å²) in [6.07, 6.45) is 1.55. The molecule has 1 aromatic heterocycles. The predicted octanol–water partition coefficient (Wildman–Crippen LogP) is 0.980. The molecule has 0 fully saturated rings. The van der Waals surface area contributed by atoms with Gasteiger partial charge in [-0.25, -0.2) is 0 Å². The molecule has 1 heterocycles. The van der Waals surface area contributed by atoms with Crippen molar-refractivity contribution in [1.82, 2.24) is 0 Å². The van der Waals surface area contributed by atoms with Crippen LogP contribution in [-0.4, -0.2) is 11.6 Å². The maximum atomic E-state index is 10.8. The van der Waals surface area contributed by atoms with E-state index in [9.17, 15) is 9.59 Å². The summed E-state index contributed by atoms with van der Waals surface area (Å²) in [4.78, 5) is 21.3. The molecule has 0 N–H and O–H groups in total. The topological polar surface area (TPSA) is 47.3 Å². The molecule has 0 bridgehead atoms. The highest BCUT2D eigenvalue weighted by Gasteiger charge is 2.09. The van der Waals surface area contributed by atoms with Crippen LogP contribution in [0.3, 0.4) is 0 Å². The molecule has 0 saturated carbocycles. The van der Waals surface area contributed by atoms with Gasteiger partial charge >= 0.3 is 0 Å². The van der Waals surface area contributed by atoms with Crippen LogP contribution in [0.15, 0.2) is 22.8 Å². The lowest BCUT2D eigenvalue weighted by molar-refractivity contribution is -0.135. The SMILES string of the molecule is CC(=O)C(=O)Cc1ccco1. The summed E-state index contributed by atoms with van der Waals surface area (Å²) in [5.74, 6) is -0.313. The van der Waals surface area contributed by atoms with Crippen molar-refractivity contribution in [2.45, 2.75) is 13.3 Å². The third-order valence-corrected chi connectivity index (χ3v) is 1.31. The van der Waals surface area contributed by atoms with Crippen molar-refractivity contribution in [3.63, 3.8) is 0 Å². The van der Waals surface area contributed by atoms with Crippen LogP contribution in [0, 0.1) is 0 Å². The third-order valence-electron chi connectivity index (χ3n) is 1.31. The first-order chi connectivity index (χ1) is 5.20. The molecular formula is C8H8O3.